The Labute approximate surface area is 107 Å². The highest BCUT2D eigenvalue weighted by Gasteiger charge is 2.10. The number of urea groups is 1. The van der Waals surface area contributed by atoms with Gasteiger partial charge in [-0.3, -0.25) is 0 Å². The fraction of sp³-hybridized carbons (Fsp3) is 0.364. The second-order valence-corrected chi connectivity index (χ2v) is 4.33. The van der Waals surface area contributed by atoms with E-state index in [1.807, 2.05) is 6.92 Å². The lowest BCUT2D eigenvalue weighted by atomic mass is 10.3. The Morgan fingerprint density at radius 2 is 2.06 bits per heavy atom. The molecule has 3 nitrogen and oxygen atoms in total. The molecule has 0 fully saturated rings. The lowest BCUT2D eigenvalue weighted by Gasteiger charge is -2.08. The second-order valence-electron chi connectivity index (χ2n) is 3.48. The third-order valence-corrected chi connectivity index (χ3v) is 2.68. The molecule has 0 atom stereocenters. The van der Waals surface area contributed by atoms with E-state index < -0.39 is 17.7 Å². The number of hydrogen-bond donors (Lipinski definition) is 2. The molecule has 0 aliphatic rings. The normalized spacial score (nSPS) is 10.1. The van der Waals surface area contributed by atoms with E-state index in [1.165, 1.54) is 6.07 Å². The van der Waals surface area contributed by atoms with Gasteiger partial charge in [0.25, 0.3) is 0 Å². The predicted molar refractivity (Wildman–Crippen MR) is 66.0 cm³/mol. The van der Waals surface area contributed by atoms with Crippen molar-refractivity contribution in [3.05, 3.63) is 28.2 Å². The first-order chi connectivity index (χ1) is 8.04. The summed E-state index contributed by atoms with van der Waals surface area (Å²) >= 11 is 2.92. The van der Waals surface area contributed by atoms with Crippen molar-refractivity contribution in [3.63, 3.8) is 0 Å². The lowest BCUT2D eigenvalue weighted by Crippen LogP contribution is -2.29. The molecule has 0 aliphatic heterocycles. The first kappa shape index (κ1) is 13.9. The van der Waals surface area contributed by atoms with E-state index in [1.54, 1.807) is 0 Å². The Hall–Kier alpha value is -1.17. The summed E-state index contributed by atoms with van der Waals surface area (Å²) in [6, 6.07) is 1.39. The number of carbonyl (C=O) groups is 1. The predicted octanol–water partition coefficient (Wildman–Crippen LogP) is 3.65. The zero-order valence-corrected chi connectivity index (χ0v) is 10.9. The van der Waals surface area contributed by atoms with Gasteiger partial charge in [-0.05, 0) is 28.4 Å². The Balaban J connectivity index is 2.62. The largest absolute Gasteiger partial charge is 0.338 e. The van der Waals surface area contributed by atoms with E-state index in [0.717, 1.165) is 12.8 Å². The van der Waals surface area contributed by atoms with Crippen LogP contribution in [0, 0.1) is 11.6 Å². The SMILES string of the molecule is CCCCNC(=O)Nc1cc(Br)c(F)cc1F. The molecule has 0 radical (unpaired) electrons. The first-order valence-electron chi connectivity index (χ1n) is 5.24. The van der Waals surface area contributed by atoms with Gasteiger partial charge in [-0.25, -0.2) is 13.6 Å². The fourth-order valence-electron chi connectivity index (χ4n) is 1.16. The number of rotatable bonds is 4. The van der Waals surface area contributed by atoms with Crippen LogP contribution >= 0.6 is 15.9 Å². The van der Waals surface area contributed by atoms with Gasteiger partial charge in [0, 0.05) is 12.6 Å². The van der Waals surface area contributed by atoms with Crippen LogP contribution in [-0.4, -0.2) is 12.6 Å². The Morgan fingerprint density at radius 1 is 1.35 bits per heavy atom. The van der Waals surface area contributed by atoms with Crippen molar-refractivity contribution in [1.82, 2.24) is 5.32 Å². The number of hydrogen-bond acceptors (Lipinski definition) is 1. The van der Waals surface area contributed by atoms with Crippen molar-refractivity contribution in [1.29, 1.82) is 0 Å². The molecule has 1 rings (SSSR count). The minimum Gasteiger partial charge on any atom is -0.338 e. The number of nitrogens with one attached hydrogen (secondary N) is 2. The minimum absolute atomic E-state index is 0.0627. The van der Waals surface area contributed by atoms with Crippen molar-refractivity contribution in [2.45, 2.75) is 19.8 Å². The van der Waals surface area contributed by atoms with E-state index in [-0.39, 0.29) is 10.2 Å². The molecule has 0 aromatic heterocycles. The molecule has 2 N–H and O–H groups in total. The van der Waals surface area contributed by atoms with Crippen molar-refractivity contribution < 1.29 is 13.6 Å². The smallest absolute Gasteiger partial charge is 0.319 e. The lowest BCUT2D eigenvalue weighted by molar-refractivity contribution is 0.252. The molecule has 0 aliphatic carbocycles. The van der Waals surface area contributed by atoms with Crippen LogP contribution in [0.5, 0.6) is 0 Å². The van der Waals surface area contributed by atoms with E-state index >= 15 is 0 Å². The molecular formula is C11H13BrF2N2O. The number of unbranched alkanes of at least 4 members (excludes halogenated alkanes) is 1. The molecule has 0 saturated carbocycles. The third kappa shape index (κ3) is 4.30. The van der Waals surface area contributed by atoms with Gasteiger partial charge in [0.05, 0.1) is 10.2 Å². The topological polar surface area (TPSA) is 41.1 Å². The van der Waals surface area contributed by atoms with E-state index in [0.29, 0.717) is 12.6 Å². The zero-order valence-electron chi connectivity index (χ0n) is 9.32. The maximum absolute atomic E-state index is 13.3. The Bertz CT molecular complexity index is 413. The van der Waals surface area contributed by atoms with Gasteiger partial charge in [0.2, 0.25) is 0 Å². The molecule has 0 bridgehead atoms. The van der Waals surface area contributed by atoms with Gasteiger partial charge >= 0.3 is 6.03 Å². The van der Waals surface area contributed by atoms with Gasteiger partial charge in [0.15, 0.2) is 0 Å². The third-order valence-electron chi connectivity index (χ3n) is 2.07. The summed E-state index contributed by atoms with van der Waals surface area (Å²) in [5.41, 5.74) is -0.0627. The average molecular weight is 307 g/mol. The number of halogens is 3. The Morgan fingerprint density at radius 3 is 2.71 bits per heavy atom. The van der Waals surface area contributed by atoms with Gasteiger partial charge in [-0.15, -0.1) is 0 Å². The first-order valence-corrected chi connectivity index (χ1v) is 6.03. The molecule has 0 spiro atoms. The van der Waals surface area contributed by atoms with E-state index in [9.17, 15) is 13.6 Å². The van der Waals surface area contributed by atoms with Gasteiger partial charge in [0.1, 0.15) is 11.6 Å². The van der Waals surface area contributed by atoms with Crippen LogP contribution in [0.1, 0.15) is 19.8 Å². The molecular weight excluding hydrogens is 294 g/mol. The second kappa shape index (κ2) is 6.54. The van der Waals surface area contributed by atoms with Crippen molar-refractivity contribution in [2.24, 2.45) is 0 Å². The van der Waals surface area contributed by atoms with Crippen LogP contribution in [0.25, 0.3) is 0 Å². The summed E-state index contributed by atoms with van der Waals surface area (Å²) in [6.07, 6.45) is 1.81. The fourth-order valence-corrected chi connectivity index (χ4v) is 1.51. The van der Waals surface area contributed by atoms with Crippen LogP contribution in [0.3, 0.4) is 0 Å². The maximum atomic E-state index is 13.3. The van der Waals surface area contributed by atoms with Crippen LogP contribution in [0.2, 0.25) is 0 Å². The number of carbonyl (C=O) groups excluding carboxylic acids is 1. The van der Waals surface area contributed by atoms with E-state index in [2.05, 4.69) is 26.6 Å². The highest BCUT2D eigenvalue weighted by Crippen LogP contribution is 2.23. The van der Waals surface area contributed by atoms with Crippen LogP contribution in [0.4, 0.5) is 19.3 Å². The van der Waals surface area contributed by atoms with E-state index in [4.69, 9.17) is 0 Å². The summed E-state index contributed by atoms with van der Waals surface area (Å²) in [7, 11) is 0. The summed E-state index contributed by atoms with van der Waals surface area (Å²) in [6.45, 7) is 2.52. The number of benzene rings is 1. The molecule has 94 valence electrons. The minimum atomic E-state index is -0.809. The standard InChI is InChI=1S/C11H13BrF2N2O/c1-2-3-4-15-11(17)16-10-5-7(12)8(13)6-9(10)14/h5-6H,2-4H2,1H3,(H2,15,16,17). The van der Waals surface area contributed by atoms with Crippen LogP contribution in [-0.2, 0) is 0 Å². The van der Waals surface area contributed by atoms with Gasteiger partial charge < -0.3 is 10.6 Å². The highest BCUT2D eigenvalue weighted by atomic mass is 79.9. The number of anilines is 1. The number of amides is 2. The summed E-state index contributed by atoms with van der Waals surface area (Å²) in [4.78, 5) is 11.3. The molecule has 1 aromatic rings. The maximum Gasteiger partial charge on any atom is 0.319 e. The monoisotopic (exact) mass is 306 g/mol. The van der Waals surface area contributed by atoms with Crippen LogP contribution < -0.4 is 10.6 Å². The summed E-state index contributed by atoms with van der Waals surface area (Å²) in [5.74, 6) is -1.52. The summed E-state index contributed by atoms with van der Waals surface area (Å²) in [5, 5.41) is 4.88. The molecule has 0 saturated heterocycles. The van der Waals surface area contributed by atoms with Crippen molar-refractivity contribution in [2.75, 3.05) is 11.9 Å². The van der Waals surface area contributed by atoms with Crippen molar-refractivity contribution in [3.8, 4) is 0 Å². The van der Waals surface area contributed by atoms with Crippen molar-refractivity contribution >= 4 is 27.6 Å². The molecule has 6 heteroatoms. The summed E-state index contributed by atoms with van der Waals surface area (Å²) < 4.78 is 26.3. The zero-order chi connectivity index (χ0) is 12.8. The molecule has 1 aromatic carbocycles. The molecule has 2 amide bonds. The van der Waals surface area contributed by atoms with Gasteiger partial charge in [-0.2, -0.15) is 0 Å². The highest BCUT2D eigenvalue weighted by molar-refractivity contribution is 9.10. The average Bonchev–Trinajstić information content (AvgIpc) is 2.26. The molecule has 17 heavy (non-hydrogen) atoms. The Kier molecular flexibility index (Phi) is 5.34. The molecule has 0 unspecified atom stereocenters. The van der Waals surface area contributed by atoms with Gasteiger partial charge in [-0.1, -0.05) is 13.3 Å². The molecule has 0 heterocycles. The quantitative estimate of drug-likeness (QED) is 0.647. The van der Waals surface area contributed by atoms with Crippen LogP contribution in [0.15, 0.2) is 16.6 Å².